The van der Waals surface area contributed by atoms with Crippen LogP contribution in [0.3, 0.4) is 0 Å². The number of hydrogen-bond acceptors (Lipinski definition) is 4. The molecule has 2 rings (SSSR count). The van der Waals surface area contributed by atoms with Crippen LogP contribution in [0.25, 0.3) is 0 Å². The first-order valence-corrected chi connectivity index (χ1v) is 6.43. The van der Waals surface area contributed by atoms with Gasteiger partial charge in [-0.3, -0.25) is 10.1 Å². The van der Waals surface area contributed by atoms with Gasteiger partial charge in [0.25, 0.3) is 5.69 Å². The van der Waals surface area contributed by atoms with Gasteiger partial charge in [0.1, 0.15) is 10.2 Å². The first kappa shape index (κ1) is 15.3. The summed E-state index contributed by atoms with van der Waals surface area (Å²) in [5.74, 6) is -2.83. The lowest BCUT2D eigenvalue weighted by molar-refractivity contribution is -0.385. The van der Waals surface area contributed by atoms with Crippen molar-refractivity contribution in [2.45, 2.75) is 6.61 Å². The number of aliphatic hydroxyl groups excluding tert-OH is 1. The molecule has 0 aliphatic heterocycles. The molecule has 0 radical (unpaired) electrons. The van der Waals surface area contributed by atoms with Crippen molar-refractivity contribution in [2.75, 3.05) is 0 Å². The van der Waals surface area contributed by atoms with Crippen LogP contribution in [-0.2, 0) is 6.61 Å². The normalized spacial score (nSPS) is 10.5. The third kappa shape index (κ3) is 3.17. The summed E-state index contributed by atoms with van der Waals surface area (Å²) >= 11 is 2.97. The maximum absolute atomic E-state index is 13.7. The van der Waals surface area contributed by atoms with Gasteiger partial charge >= 0.3 is 0 Å². The number of benzene rings is 2. The van der Waals surface area contributed by atoms with E-state index in [0.29, 0.717) is 0 Å². The van der Waals surface area contributed by atoms with E-state index in [0.717, 1.165) is 12.1 Å². The van der Waals surface area contributed by atoms with Gasteiger partial charge in [-0.1, -0.05) is 6.07 Å². The number of nitrogens with zero attached hydrogens (tertiary/aromatic N) is 1. The molecule has 0 aromatic heterocycles. The number of hydrogen-bond donors (Lipinski definition) is 1. The third-order valence-electron chi connectivity index (χ3n) is 2.59. The molecule has 8 heteroatoms. The largest absolute Gasteiger partial charge is 0.450 e. The second kappa shape index (κ2) is 6.15. The maximum Gasteiger partial charge on any atom is 0.287 e. The zero-order chi connectivity index (χ0) is 15.6. The zero-order valence-electron chi connectivity index (χ0n) is 10.3. The molecule has 0 aliphatic rings. The maximum atomic E-state index is 13.7. The van der Waals surface area contributed by atoms with Gasteiger partial charge in [-0.25, -0.2) is 8.78 Å². The predicted molar refractivity (Wildman–Crippen MR) is 73.2 cm³/mol. The van der Waals surface area contributed by atoms with Crippen molar-refractivity contribution in [1.82, 2.24) is 0 Å². The van der Waals surface area contributed by atoms with Gasteiger partial charge in [0.05, 0.1) is 11.5 Å². The molecule has 0 unspecified atom stereocenters. The first-order chi connectivity index (χ1) is 9.93. The molecule has 0 heterocycles. The van der Waals surface area contributed by atoms with Crippen molar-refractivity contribution in [2.24, 2.45) is 0 Å². The minimum Gasteiger partial charge on any atom is -0.450 e. The molecule has 1 N–H and O–H groups in total. The van der Waals surface area contributed by atoms with Gasteiger partial charge in [-0.2, -0.15) is 0 Å². The van der Waals surface area contributed by atoms with Crippen LogP contribution in [0.5, 0.6) is 11.5 Å². The van der Waals surface area contributed by atoms with E-state index in [-0.39, 0.29) is 21.5 Å². The van der Waals surface area contributed by atoms with Gasteiger partial charge < -0.3 is 9.84 Å². The van der Waals surface area contributed by atoms with Gasteiger partial charge in [-0.15, -0.1) is 0 Å². The van der Waals surface area contributed by atoms with Crippen molar-refractivity contribution in [3.8, 4) is 11.5 Å². The van der Waals surface area contributed by atoms with Crippen LogP contribution < -0.4 is 4.74 Å². The number of aliphatic hydroxyl groups is 1. The van der Waals surface area contributed by atoms with Crippen molar-refractivity contribution in [3.05, 3.63) is 62.1 Å². The lowest BCUT2D eigenvalue weighted by atomic mass is 10.2. The van der Waals surface area contributed by atoms with Crippen molar-refractivity contribution >= 4 is 21.6 Å². The van der Waals surface area contributed by atoms with E-state index in [1.807, 2.05) is 0 Å². The Labute approximate surface area is 126 Å². The molecule has 0 atom stereocenters. The summed E-state index contributed by atoms with van der Waals surface area (Å²) < 4.78 is 32.5. The topological polar surface area (TPSA) is 72.6 Å². The van der Waals surface area contributed by atoms with E-state index in [1.165, 1.54) is 18.2 Å². The summed E-state index contributed by atoms with van der Waals surface area (Å²) in [6.07, 6.45) is 0. The van der Waals surface area contributed by atoms with Crippen LogP contribution in [0.1, 0.15) is 5.56 Å². The van der Waals surface area contributed by atoms with E-state index in [2.05, 4.69) is 15.9 Å². The predicted octanol–water partition coefficient (Wildman–Crippen LogP) is 3.92. The Morgan fingerprint density at radius 2 is 1.90 bits per heavy atom. The summed E-state index contributed by atoms with van der Waals surface area (Å²) in [6.45, 7) is -0.519. The fourth-order valence-corrected chi connectivity index (χ4v) is 2.12. The Morgan fingerprint density at radius 1 is 1.29 bits per heavy atom. The second-order valence-corrected chi connectivity index (χ2v) is 4.79. The highest BCUT2D eigenvalue weighted by atomic mass is 79.9. The van der Waals surface area contributed by atoms with Gasteiger partial charge in [0.2, 0.25) is 0 Å². The van der Waals surface area contributed by atoms with Crippen LogP contribution in [-0.4, -0.2) is 10.0 Å². The number of ether oxygens (including phenoxy) is 1. The molecule has 0 aliphatic carbocycles. The molecule has 110 valence electrons. The SMILES string of the molecule is O=[N+]([O-])c1cccc(Oc2c(F)cc(CO)cc2F)c1Br. The number of nitro groups is 1. The summed E-state index contributed by atoms with van der Waals surface area (Å²) in [6, 6.07) is 5.72. The van der Waals surface area contributed by atoms with Gasteiger partial charge in [-0.05, 0) is 39.7 Å². The summed E-state index contributed by atoms with van der Waals surface area (Å²) in [5.41, 5.74) is -0.240. The number of halogens is 3. The molecule has 0 fully saturated rings. The Hall–Kier alpha value is -2.06. The fourth-order valence-electron chi connectivity index (χ4n) is 1.63. The third-order valence-corrected chi connectivity index (χ3v) is 3.39. The molecular formula is C13H8BrF2NO4. The Morgan fingerprint density at radius 3 is 2.43 bits per heavy atom. The molecule has 0 spiro atoms. The van der Waals surface area contributed by atoms with Crippen LogP contribution in [0.4, 0.5) is 14.5 Å². The first-order valence-electron chi connectivity index (χ1n) is 5.63. The Bertz CT molecular complexity index is 686. The monoisotopic (exact) mass is 359 g/mol. The minimum absolute atomic E-state index is 0.0277. The van der Waals surface area contributed by atoms with Gasteiger partial charge in [0, 0.05) is 6.07 Å². The van der Waals surface area contributed by atoms with Gasteiger partial charge in [0.15, 0.2) is 17.4 Å². The molecule has 0 amide bonds. The average molecular weight is 360 g/mol. The lowest BCUT2D eigenvalue weighted by Gasteiger charge is -2.10. The van der Waals surface area contributed by atoms with Crippen LogP contribution in [0, 0.1) is 21.7 Å². The van der Waals surface area contributed by atoms with E-state index in [1.54, 1.807) is 0 Å². The van der Waals surface area contributed by atoms with Crippen LogP contribution >= 0.6 is 15.9 Å². The van der Waals surface area contributed by atoms with Crippen molar-refractivity contribution in [3.63, 3.8) is 0 Å². The molecular weight excluding hydrogens is 352 g/mol. The highest BCUT2D eigenvalue weighted by molar-refractivity contribution is 9.10. The second-order valence-electron chi connectivity index (χ2n) is 4.00. The fraction of sp³-hybridized carbons (Fsp3) is 0.0769. The highest BCUT2D eigenvalue weighted by Crippen LogP contribution is 2.38. The molecule has 0 saturated heterocycles. The average Bonchev–Trinajstić information content (AvgIpc) is 2.43. The molecule has 5 nitrogen and oxygen atoms in total. The quantitative estimate of drug-likeness (QED) is 0.663. The van der Waals surface area contributed by atoms with E-state index >= 15 is 0 Å². The summed E-state index contributed by atoms with van der Waals surface area (Å²) in [7, 11) is 0. The molecule has 0 saturated carbocycles. The van der Waals surface area contributed by atoms with Crippen molar-refractivity contribution < 1.29 is 23.5 Å². The zero-order valence-corrected chi connectivity index (χ0v) is 11.9. The highest BCUT2D eigenvalue weighted by Gasteiger charge is 2.19. The van der Waals surface area contributed by atoms with Crippen LogP contribution in [0.15, 0.2) is 34.8 Å². The standard InChI is InChI=1S/C13H8BrF2NO4/c14-12-10(17(19)20)2-1-3-11(12)21-13-8(15)4-7(6-18)5-9(13)16/h1-5,18H,6H2. The minimum atomic E-state index is -1.02. The molecule has 21 heavy (non-hydrogen) atoms. The number of nitro benzene ring substituents is 1. The number of rotatable bonds is 4. The van der Waals surface area contributed by atoms with E-state index in [4.69, 9.17) is 9.84 Å². The molecule has 2 aromatic carbocycles. The Kier molecular flexibility index (Phi) is 4.49. The Balaban J connectivity index is 2.44. The smallest absolute Gasteiger partial charge is 0.287 e. The summed E-state index contributed by atoms with van der Waals surface area (Å²) in [4.78, 5) is 10.1. The summed E-state index contributed by atoms with van der Waals surface area (Å²) in [5, 5.41) is 19.6. The lowest BCUT2D eigenvalue weighted by Crippen LogP contribution is -1.97. The van der Waals surface area contributed by atoms with Crippen molar-refractivity contribution in [1.29, 1.82) is 0 Å². The molecule has 2 aromatic rings. The van der Waals surface area contributed by atoms with Crippen LogP contribution in [0.2, 0.25) is 0 Å². The van der Waals surface area contributed by atoms with E-state index in [9.17, 15) is 18.9 Å². The van der Waals surface area contributed by atoms with E-state index < -0.39 is 28.9 Å². The molecule has 0 bridgehead atoms.